The van der Waals surface area contributed by atoms with Crippen LogP contribution in [0.1, 0.15) is 65.2 Å². The molecule has 4 aliphatic rings. The fraction of sp³-hybridized carbons (Fsp3) is 0.889. The van der Waals surface area contributed by atoms with Crippen molar-refractivity contribution in [3.8, 4) is 0 Å². The van der Waals surface area contributed by atoms with Crippen molar-refractivity contribution in [2.24, 2.45) is 29.1 Å². The van der Waals surface area contributed by atoms with Crippen molar-refractivity contribution in [1.82, 2.24) is 5.32 Å². The molecule has 4 rings (SSSR count). The lowest BCUT2D eigenvalue weighted by Crippen LogP contribution is -2.53. The smallest absolute Gasteiger partial charge is 0.226 e. The third kappa shape index (κ3) is 3.02. The van der Waals surface area contributed by atoms with Gasteiger partial charge in [0.2, 0.25) is 5.91 Å². The summed E-state index contributed by atoms with van der Waals surface area (Å²) in [6.07, 6.45) is 8.86. The maximum Gasteiger partial charge on any atom is 0.226 e. The number of hydrogen-bond acceptors (Lipinski definition) is 2. The fourth-order valence-electron chi connectivity index (χ4n) is 5.33. The number of rotatable bonds is 6. The van der Waals surface area contributed by atoms with Gasteiger partial charge in [0.25, 0.3) is 0 Å². The molecule has 0 aromatic heterocycles. The van der Waals surface area contributed by atoms with Crippen molar-refractivity contribution in [3.63, 3.8) is 0 Å². The maximum atomic E-state index is 12.7. The van der Waals surface area contributed by atoms with Crippen LogP contribution in [-0.2, 0) is 9.59 Å². The standard InChI is InChI=1S/C18H29NO2/c1-12(2)16(20)4-3-5-19-17(21)18-9-13-6-14(10-18)8-15(7-13)11-18/h12-15H,3-11H2,1-2H3,(H,19,21). The highest BCUT2D eigenvalue weighted by atomic mass is 16.2. The Morgan fingerprint density at radius 3 is 2.05 bits per heavy atom. The van der Waals surface area contributed by atoms with Crippen molar-refractivity contribution < 1.29 is 9.59 Å². The summed E-state index contributed by atoms with van der Waals surface area (Å²) in [6, 6.07) is 0. The Hall–Kier alpha value is -0.860. The molecule has 0 heterocycles. The van der Waals surface area contributed by atoms with Crippen LogP contribution in [0.15, 0.2) is 0 Å². The van der Waals surface area contributed by atoms with Gasteiger partial charge >= 0.3 is 0 Å². The van der Waals surface area contributed by atoms with Crippen LogP contribution in [0, 0.1) is 29.1 Å². The zero-order valence-corrected chi connectivity index (χ0v) is 13.5. The molecular weight excluding hydrogens is 262 g/mol. The molecule has 4 aliphatic carbocycles. The molecule has 0 aliphatic heterocycles. The lowest BCUT2D eigenvalue weighted by atomic mass is 9.49. The average molecular weight is 291 g/mol. The summed E-state index contributed by atoms with van der Waals surface area (Å²) in [6.45, 7) is 4.55. The van der Waals surface area contributed by atoms with Gasteiger partial charge in [-0.05, 0) is 62.7 Å². The minimum atomic E-state index is -0.0448. The molecule has 1 amide bonds. The van der Waals surface area contributed by atoms with E-state index in [0.29, 0.717) is 24.7 Å². The van der Waals surface area contributed by atoms with E-state index in [1.807, 2.05) is 13.8 Å². The van der Waals surface area contributed by atoms with Gasteiger partial charge in [0.1, 0.15) is 5.78 Å². The predicted molar refractivity (Wildman–Crippen MR) is 82.7 cm³/mol. The number of ketones is 1. The van der Waals surface area contributed by atoms with E-state index in [1.165, 1.54) is 19.3 Å². The summed E-state index contributed by atoms with van der Waals surface area (Å²) in [5, 5.41) is 3.14. The van der Waals surface area contributed by atoms with Crippen molar-refractivity contribution in [2.75, 3.05) is 6.54 Å². The number of hydrogen-bond donors (Lipinski definition) is 1. The van der Waals surface area contributed by atoms with E-state index in [-0.39, 0.29) is 11.3 Å². The van der Waals surface area contributed by atoms with E-state index in [1.54, 1.807) is 0 Å². The number of Topliss-reactive ketones (excluding diaryl/α,β-unsaturated/α-hetero) is 1. The van der Waals surface area contributed by atoms with Crippen LogP contribution in [0.3, 0.4) is 0 Å². The first-order valence-corrected chi connectivity index (χ1v) is 8.79. The first-order chi connectivity index (χ1) is 9.98. The Bertz CT molecular complexity index is 392. The SMILES string of the molecule is CC(C)C(=O)CCCNC(=O)C12CC3CC(CC(C3)C1)C2. The van der Waals surface area contributed by atoms with Gasteiger partial charge < -0.3 is 5.32 Å². The van der Waals surface area contributed by atoms with Crippen molar-refractivity contribution >= 4 is 11.7 Å². The van der Waals surface area contributed by atoms with Gasteiger partial charge in [-0.3, -0.25) is 9.59 Å². The monoisotopic (exact) mass is 291 g/mol. The number of carbonyl (C=O) groups is 2. The quantitative estimate of drug-likeness (QED) is 0.763. The first kappa shape index (κ1) is 15.1. The molecule has 0 saturated heterocycles. The fourth-order valence-corrected chi connectivity index (χ4v) is 5.33. The summed E-state index contributed by atoms with van der Waals surface area (Å²) in [5.74, 6) is 3.14. The van der Waals surface area contributed by atoms with Crippen LogP contribution in [0.5, 0.6) is 0 Å². The highest BCUT2D eigenvalue weighted by Crippen LogP contribution is 2.60. The summed E-state index contributed by atoms with van der Waals surface area (Å²) >= 11 is 0. The van der Waals surface area contributed by atoms with Gasteiger partial charge in [-0.1, -0.05) is 13.8 Å². The molecule has 0 atom stereocenters. The van der Waals surface area contributed by atoms with E-state index < -0.39 is 0 Å². The highest BCUT2D eigenvalue weighted by molar-refractivity contribution is 5.83. The maximum absolute atomic E-state index is 12.7. The van der Waals surface area contributed by atoms with Gasteiger partial charge in [0.15, 0.2) is 0 Å². The minimum absolute atomic E-state index is 0.0448. The molecule has 118 valence electrons. The zero-order valence-electron chi connectivity index (χ0n) is 13.5. The molecule has 3 nitrogen and oxygen atoms in total. The molecule has 4 saturated carbocycles. The largest absolute Gasteiger partial charge is 0.356 e. The molecular formula is C18H29NO2. The normalized spacial score (nSPS) is 37.0. The second-order valence-corrected chi connectivity index (χ2v) is 8.18. The second-order valence-electron chi connectivity index (χ2n) is 8.18. The molecule has 1 N–H and O–H groups in total. The Labute approximate surface area is 128 Å². The Balaban J connectivity index is 1.48. The molecule has 4 bridgehead atoms. The molecule has 0 spiro atoms. The first-order valence-electron chi connectivity index (χ1n) is 8.79. The van der Waals surface area contributed by atoms with Crippen molar-refractivity contribution in [2.45, 2.75) is 65.2 Å². The van der Waals surface area contributed by atoms with Crippen molar-refractivity contribution in [3.05, 3.63) is 0 Å². The molecule has 0 aromatic carbocycles. The van der Waals surface area contributed by atoms with Crippen LogP contribution >= 0.6 is 0 Å². The Morgan fingerprint density at radius 2 is 1.57 bits per heavy atom. The van der Waals surface area contributed by atoms with E-state index in [2.05, 4.69) is 5.32 Å². The van der Waals surface area contributed by atoms with Gasteiger partial charge in [-0.15, -0.1) is 0 Å². The van der Waals surface area contributed by atoms with E-state index in [0.717, 1.165) is 43.4 Å². The molecule has 0 aromatic rings. The summed E-state index contributed by atoms with van der Waals surface area (Å²) in [5.41, 5.74) is -0.0448. The summed E-state index contributed by atoms with van der Waals surface area (Å²) < 4.78 is 0. The highest BCUT2D eigenvalue weighted by Gasteiger charge is 2.54. The number of amides is 1. The molecule has 0 radical (unpaired) electrons. The Kier molecular flexibility index (Phi) is 4.11. The van der Waals surface area contributed by atoms with Gasteiger partial charge in [-0.2, -0.15) is 0 Å². The van der Waals surface area contributed by atoms with Crippen molar-refractivity contribution in [1.29, 1.82) is 0 Å². The predicted octanol–water partition coefficient (Wildman–Crippen LogP) is 3.32. The molecule has 3 heteroatoms. The Morgan fingerprint density at radius 1 is 1.05 bits per heavy atom. The van der Waals surface area contributed by atoms with Crippen LogP contribution in [0.25, 0.3) is 0 Å². The lowest BCUT2D eigenvalue weighted by Gasteiger charge is -2.55. The van der Waals surface area contributed by atoms with Crippen LogP contribution in [0.2, 0.25) is 0 Å². The average Bonchev–Trinajstić information content (AvgIpc) is 2.41. The third-order valence-corrected chi connectivity index (χ3v) is 6.05. The van der Waals surface area contributed by atoms with E-state index in [4.69, 9.17) is 0 Å². The topological polar surface area (TPSA) is 46.2 Å². The van der Waals surface area contributed by atoms with Gasteiger partial charge in [-0.25, -0.2) is 0 Å². The summed E-state index contributed by atoms with van der Waals surface area (Å²) in [7, 11) is 0. The zero-order chi connectivity index (χ0) is 15.0. The third-order valence-electron chi connectivity index (χ3n) is 6.05. The lowest BCUT2D eigenvalue weighted by molar-refractivity contribution is -0.146. The van der Waals surface area contributed by atoms with Crippen LogP contribution < -0.4 is 5.32 Å². The van der Waals surface area contributed by atoms with Crippen LogP contribution in [0.4, 0.5) is 0 Å². The van der Waals surface area contributed by atoms with Crippen LogP contribution in [-0.4, -0.2) is 18.2 Å². The second kappa shape index (κ2) is 5.73. The molecule has 4 fully saturated rings. The van der Waals surface area contributed by atoms with E-state index >= 15 is 0 Å². The van der Waals surface area contributed by atoms with E-state index in [9.17, 15) is 9.59 Å². The minimum Gasteiger partial charge on any atom is -0.356 e. The molecule has 0 unspecified atom stereocenters. The molecule has 21 heavy (non-hydrogen) atoms. The van der Waals surface area contributed by atoms with Gasteiger partial charge in [0, 0.05) is 24.3 Å². The van der Waals surface area contributed by atoms with Gasteiger partial charge in [0.05, 0.1) is 0 Å². The summed E-state index contributed by atoms with van der Waals surface area (Å²) in [4.78, 5) is 24.3. The number of nitrogens with one attached hydrogen (secondary N) is 1. The number of carbonyl (C=O) groups excluding carboxylic acids is 2.